The molecule has 13 heteroatoms. The van der Waals surface area contributed by atoms with E-state index in [9.17, 15) is 34.5 Å². The van der Waals surface area contributed by atoms with Crippen LogP contribution < -0.4 is 5.32 Å². The zero-order valence-corrected chi connectivity index (χ0v) is 24.6. The molecule has 0 aromatic rings. The minimum atomic E-state index is -0.989. The maximum absolute atomic E-state index is 12.7. The summed E-state index contributed by atoms with van der Waals surface area (Å²) in [6, 6.07) is 0. The summed E-state index contributed by atoms with van der Waals surface area (Å²) in [5, 5.41) is 30.9. The van der Waals surface area contributed by atoms with Gasteiger partial charge in [0.05, 0.1) is 26.2 Å². The predicted octanol–water partition coefficient (Wildman–Crippen LogP) is 0.390. The molecule has 0 unspecified atom stereocenters. The SMILES string of the molecule is CC.CC=O.O=C(O)CN1CCN(CC(=O)O)CCN(CC(=O)NCC2CCCCC2)CCN(CC(=O)O)CC1. The van der Waals surface area contributed by atoms with Crippen molar-refractivity contribution in [3.63, 3.8) is 0 Å². The highest BCUT2D eigenvalue weighted by Crippen LogP contribution is 2.22. The Morgan fingerprint density at radius 3 is 1.25 bits per heavy atom. The molecule has 0 bridgehead atoms. The second kappa shape index (κ2) is 23.1. The lowest BCUT2D eigenvalue weighted by Gasteiger charge is -2.33. The Kier molecular flexibility index (Phi) is 21.6. The van der Waals surface area contributed by atoms with E-state index in [0.717, 1.165) is 19.1 Å². The van der Waals surface area contributed by atoms with Crippen LogP contribution in [0, 0.1) is 5.92 Å². The molecule has 1 aliphatic carbocycles. The van der Waals surface area contributed by atoms with Gasteiger partial charge in [0.25, 0.3) is 0 Å². The van der Waals surface area contributed by atoms with E-state index in [1.54, 1.807) is 14.7 Å². The molecule has 0 radical (unpaired) electrons. The van der Waals surface area contributed by atoms with E-state index in [0.29, 0.717) is 64.8 Å². The summed E-state index contributed by atoms with van der Waals surface area (Å²) >= 11 is 0. The number of carboxylic acid groups (broad SMARTS) is 3. The average molecular weight is 574 g/mol. The molecule has 0 spiro atoms. The van der Waals surface area contributed by atoms with Gasteiger partial charge in [-0.2, -0.15) is 0 Å². The third-order valence-electron chi connectivity index (χ3n) is 6.69. The highest BCUT2D eigenvalue weighted by molar-refractivity contribution is 5.78. The molecule has 2 fully saturated rings. The van der Waals surface area contributed by atoms with Gasteiger partial charge in [0.1, 0.15) is 6.29 Å². The summed E-state index contributed by atoms with van der Waals surface area (Å²) < 4.78 is 0. The second-order valence-corrected chi connectivity index (χ2v) is 9.83. The van der Waals surface area contributed by atoms with Gasteiger partial charge in [-0.3, -0.25) is 38.8 Å². The Balaban J connectivity index is 0.00000284. The van der Waals surface area contributed by atoms with Crippen LogP contribution in [-0.2, 0) is 24.0 Å². The number of hydrogen-bond acceptors (Lipinski definition) is 9. The van der Waals surface area contributed by atoms with E-state index >= 15 is 0 Å². The highest BCUT2D eigenvalue weighted by atomic mass is 16.4. The van der Waals surface area contributed by atoms with Crippen molar-refractivity contribution >= 4 is 30.1 Å². The van der Waals surface area contributed by atoms with Gasteiger partial charge in [-0.25, -0.2) is 0 Å². The number of hydrogen-bond donors (Lipinski definition) is 4. The molecule has 1 aliphatic heterocycles. The summed E-state index contributed by atoms with van der Waals surface area (Å²) in [4.78, 5) is 62.6. The highest BCUT2D eigenvalue weighted by Gasteiger charge is 2.21. The zero-order valence-electron chi connectivity index (χ0n) is 24.6. The van der Waals surface area contributed by atoms with Crippen LogP contribution in [0.25, 0.3) is 0 Å². The molecule has 4 N–H and O–H groups in total. The van der Waals surface area contributed by atoms with E-state index < -0.39 is 17.9 Å². The normalized spacial score (nSPS) is 18.9. The number of nitrogens with zero attached hydrogens (tertiary/aromatic N) is 4. The molecule has 0 atom stereocenters. The number of aldehydes is 1. The van der Waals surface area contributed by atoms with Gasteiger partial charge in [-0.15, -0.1) is 0 Å². The van der Waals surface area contributed by atoms with E-state index in [-0.39, 0.29) is 32.1 Å². The number of carboxylic acids is 3. The first-order valence-electron chi connectivity index (χ1n) is 14.3. The molecule has 232 valence electrons. The van der Waals surface area contributed by atoms with Crippen molar-refractivity contribution in [3.05, 3.63) is 0 Å². The topological polar surface area (TPSA) is 171 Å². The maximum Gasteiger partial charge on any atom is 0.317 e. The Hall–Kier alpha value is -2.61. The third kappa shape index (κ3) is 19.4. The van der Waals surface area contributed by atoms with Gasteiger partial charge in [0.15, 0.2) is 0 Å². The maximum atomic E-state index is 12.7. The number of carbonyl (C=O) groups is 5. The minimum absolute atomic E-state index is 0.0788. The summed E-state index contributed by atoms with van der Waals surface area (Å²) in [6.07, 6.45) is 6.69. The average Bonchev–Trinajstić information content (AvgIpc) is 2.90. The van der Waals surface area contributed by atoms with E-state index in [1.807, 2.05) is 18.7 Å². The molecule has 1 heterocycles. The van der Waals surface area contributed by atoms with Crippen LogP contribution in [0.1, 0.15) is 52.9 Å². The molecule has 1 saturated heterocycles. The predicted molar refractivity (Wildman–Crippen MR) is 151 cm³/mol. The van der Waals surface area contributed by atoms with Crippen LogP contribution in [0.5, 0.6) is 0 Å². The molecule has 40 heavy (non-hydrogen) atoms. The molecule has 1 saturated carbocycles. The van der Waals surface area contributed by atoms with Crippen LogP contribution in [0.2, 0.25) is 0 Å². The quantitative estimate of drug-likeness (QED) is 0.265. The first-order valence-corrected chi connectivity index (χ1v) is 14.3. The molecular formula is C27H51N5O8. The van der Waals surface area contributed by atoms with Gasteiger partial charge >= 0.3 is 17.9 Å². The third-order valence-corrected chi connectivity index (χ3v) is 6.69. The van der Waals surface area contributed by atoms with Crippen molar-refractivity contribution in [2.45, 2.75) is 52.9 Å². The van der Waals surface area contributed by atoms with Gasteiger partial charge in [-0.05, 0) is 25.7 Å². The molecule has 2 rings (SSSR count). The van der Waals surface area contributed by atoms with Gasteiger partial charge < -0.3 is 25.4 Å². The first kappa shape index (κ1) is 37.4. The summed E-state index contributed by atoms with van der Waals surface area (Å²) in [5.74, 6) is -2.48. The lowest BCUT2D eigenvalue weighted by molar-refractivity contribution is -0.140. The van der Waals surface area contributed by atoms with Crippen LogP contribution in [0.3, 0.4) is 0 Å². The van der Waals surface area contributed by atoms with E-state index in [2.05, 4.69) is 5.32 Å². The van der Waals surface area contributed by atoms with Crippen molar-refractivity contribution < 1.29 is 39.3 Å². The fourth-order valence-electron chi connectivity index (χ4n) is 4.69. The largest absolute Gasteiger partial charge is 0.480 e. The van der Waals surface area contributed by atoms with Crippen LogP contribution in [-0.4, -0.2) is 150 Å². The molecule has 0 aromatic heterocycles. The number of carbonyl (C=O) groups excluding carboxylic acids is 2. The Bertz CT molecular complexity index is 716. The summed E-state index contributed by atoms with van der Waals surface area (Å²) in [7, 11) is 0. The van der Waals surface area contributed by atoms with Gasteiger partial charge in [0, 0.05) is 58.9 Å². The van der Waals surface area contributed by atoms with E-state index in [1.165, 1.54) is 26.2 Å². The summed E-state index contributed by atoms with van der Waals surface area (Å²) in [5.41, 5.74) is 0. The molecule has 0 aromatic carbocycles. The number of nitrogens with one attached hydrogen (secondary N) is 1. The Labute approximate surface area is 238 Å². The Morgan fingerprint density at radius 1 is 0.650 bits per heavy atom. The Morgan fingerprint density at radius 2 is 0.950 bits per heavy atom. The van der Waals surface area contributed by atoms with Crippen molar-refractivity contribution in [3.8, 4) is 0 Å². The summed E-state index contributed by atoms with van der Waals surface area (Å²) in [6.45, 7) is 8.86. The number of amides is 1. The number of rotatable bonds is 10. The van der Waals surface area contributed by atoms with E-state index in [4.69, 9.17) is 4.79 Å². The molecule has 13 nitrogen and oxygen atoms in total. The molecule has 2 aliphatic rings. The van der Waals surface area contributed by atoms with Crippen molar-refractivity contribution in [2.24, 2.45) is 5.92 Å². The smallest absolute Gasteiger partial charge is 0.317 e. The van der Waals surface area contributed by atoms with Crippen LogP contribution in [0.4, 0.5) is 0 Å². The van der Waals surface area contributed by atoms with Crippen molar-refractivity contribution in [1.82, 2.24) is 24.9 Å². The minimum Gasteiger partial charge on any atom is -0.480 e. The van der Waals surface area contributed by atoms with Gasteiger partial charge in [-0.1, -0.05) is 33.1 Å². The zero-order chi connectivity index (χ0) is 30.3. The standard InChI is InChI=1S/C23H41N5O7.C2H4O.C2H6/c29-20(24-14-19-4-2-1-3-5-19)15-25-6-8-26(16-21(30)31)10-12-28(18-23(34)35)13-11-27(9-7-25)17-22(32)33;1-2-3;1-2/h19H,1-18H2,(H,24,29)(H,30,31)(H,32,33)(H,34,35);2H,1H3;1-2H3. The van der Waals surface area contributed by atoms with Gasteiger partial charge in [0.2, 0.25) is 5.91 Å². The lowest BCUT2D eigenvalue weighted by atomic mass is 9.89. The monoisotopic (exact) mass is 573 g/mol. The fraction of sp³-hybridized carbons (Fsp3) is 0.815. The number of aliphatic carboxylic acids is 3. The first-order chi connectivity index (χ1) is 19.1. The second-order valence-electron chi connectivity index (χ2n) is 9.83. The molecular weight excluding hydrogens is 522 g/mol. The lowest BCUT2D eigenvalue weighted by Crippen LogP contribution is -2.50. The fourth-order valence-corrected chi connectivity index (χ4v) is 4.69. The van der Waals surface area contributed by atoms with Crippen LogP contribution >= 0.6 is 0 Å². The van der Waals surface area contributed by atoms with Crippen molar-refractivity contribution in [1.29, 1.82) is 0 Å². The van der Waals surface area contributed by atoms with Crippen molar-refractivity contribution in [2.75, 3.05) is 85.1 Å². The molecule has 1 amide bonds. The van der Waals surface area contributed by atoms with Crippen LogP contribution in [0.15, 0.2) is 0 Å².